The van der Waals surface area contributed by atoms with Gasteiger partial charge in [-0.1, -0.05) is 26.0 Å². The van der Waals surface area contributed by atoms with Crippen LogP contribution in [0.3, 0.4) is 0 Å². The number of fused-ring (bicyclic) bond motifs is 1. The molecule has 0 spiro atoms. The number of imide groups is 1. The Morgan fingerprint density at radius 1 is 1.05 bits per heavy atom. The van der Waals surface area contributed by atoms with Crippen molar-refractivity contribution < 1.29 is 14.7 Å². The highest BCUT2D eigenvalue weighted by Gasteiger charge is 2.56. The molecule has 1 aliphatic carbocycles. The number of para-hydroxylation sites is 2. The minimum Gasteiger partial charge on any atom is -0.506 e. The molecular formula is C15H17NO3. The van der Waals surface area contributed by atoms with E-state index in [2.05, 4.69) is 0 Å². The maximum atomic E-state index is 12.5. The second-order valence-electron chi connectivity index (χ2n) is 5.74. The van der Waals surface area contributed by atoms with E-state index in [4.69, 9.17) is 0 Å². The van der Waals surface area contributed by atoms with E-state index >= 15 is 0 Å². The van der Waals surface area contributed by atoms with Crippen LogP contribution in [-0.4, -0.2) is 16.9 Å². The first-order chi connectivity index (χ1) is 9.02. The highest BCUT2D eigenvalue weighted by Crippen LogP contribution is 2.49. The number of hydrogen-bond acceptors (Lipinski definition) is 3. The zero-order valence-electron chi connectivity index (χ0n) is 11.0. The fraction of sp³-hybridized carbons (Fsp3) is 0.467. The number of phenols is 1. The summed E-state index contributed by atoms with van der Waals surface area (Å²) in [5.74, 6) is -0.324. The van der Waals surface area contributed by atoms with Crippen molar-refractivity contribution >= 4 is 17.5 Å². The van der Waals surface area contributed by atoms with Crippen molar-refractivity contribution in [2.75, 3.05) is 4.90 Å². The molecule has 3 rings (SSSR count). The third-order valence-corrected chi connectivity index (χ3v) is 4.49. The molecule has 1 saturated heterocycles. The van der Waals surface area contributed by atoms with Crippen molar-refractivity contribution in [2.45, 2.75) is 20.3 Å². The van der Waals surface area contributed by atoms with E-state index < -0.39 is 0 Å². The van der Waals surface area contributed by atoms with Crippen molar-refractivity contribution in [1.82, 2.24) is 0 Å². The molecule has 100 valence electrons. The van der Waals surface area contributed by atoms with Gasteiger partial charge in [-0.15, -0.1) is 0 Å². The molecule has 2 aliphatic rings. The summed E-state index contributed by atoms with van der Waals surface area (Å²) in [7, 11) is 0. The summed E-state index contributed by atoms with van der Waals surface area (Å²) in [6.07, 6.45) is 0.918. The summed E-state index contributed by atoms with van der Waals surface area (Å²) in [6.45, 7) is 4.06. The van der Waals surface area contributed by atoms with Gasteiger partial charge in [-0.25, -0.2) is 4.90 Å². The van der Waals surface area contributed by atoms with Crippen LogP contribution < -0.4 is 4.90 Å². The van der Waals surface area contributed by atoms with Gasteiger partial charge in [0, 0.05) is 0 Å². The van der Waals surface area contributed by atoms with Crippen LogP contribution in [0.5, 0.6) is 5.75 Å². The summed E-state index contributed by atoms with van der Waals surface area (Å²) >= 11 is 0. The molecule has 1 aromatic carbocycles. The van der Waals surface area contributed by atoms with Crippen LogP contribution in [0.2, 0.25) is 0 Å². The van der Waals surface area contributed by atoms with Crippen LogP contribution in [0.1, 0.15) is 20.3 Å². The van der Waals surface area contributed by atoms with Crippen molar-refractivity contribution in [2.24, 2.45) is 23.7 Å². The lowest BCUT2D eigenvalue weighted by atomic mass is 9.91. The first kappa shape index (κ1) is 12.2. The molecule has 0 bridgehead atoms. The van der Waals surface area contributed by atoms with Gasteiger partial charge in [0.1, 0.15) is 5.75 Å². The van der Waals surface area contributed by atoms with Crippen molar-refractivity contribution in [1.29, 1.82) is 0 Å². The molecule has 19 heavy (non-hydrogen) atoms. The number of anilines is 1. The van der Waals surface area contributed by atoms with E-state index in [0.717, 1.165) is 6.42 Å². The first-order valence-electron chi connectivity index (χ1n) is 6.68. The van der Waals surface area contributed by atoms with Gasteiger partial charge in [-0.05, 0) is 30.4 Å². The lowest BCUT2D eigenvalue weighted by Gasteiger charge is -2.19. The second-order valence-corrected chi connectivity index (χ2v) is 5.74. The van der Waals surface area contributed by atoms with Crippen LogP contribution in [0.15, 0.2) is 24.3 Å². The number of amides is 2. The van der Waals surface area contributed by atoms with Crippen LogP contribution >= 0.6 is 0 Å². The van der Waals surface area contributed by atoms with Crippen LogP contribution in [0.4, 0.5) is 5.69 Å². The third kappa shape index (κ3) is 1.59. The zero-order valence-corrected chi connectivity index (χ0v) is 11.0. The van der Waals surface area contributed by atoms with E-state index in [9.17, 15) is 14.7 Å². The molecular weight excluding hydrogens is 242 g/mol. The highest BCUT2D eigenvalue weighted by atomic mass is 16.3. The van der Waals surface area contributed by atoms with Crippen LogP contribution in [0.25, 0.3) is 0 Å². The smallest absolute Gasteiger partial charge is 0.238 e. The quantitative estimate of drug-likeness (QED) is 0.786. The lowest BCUT2D eigenvalue weighted by Crippen LogP contribution is -2.33. The number of carbonyl (C=O) groups is 2. The number of phenolic OH excluding ortho intramolecular Hbond substituents is 1. The Morgan fingerprint density at radius 2 is 1.58 bits per heavy atom. The van der Waals surface area contributed by atoms with Crippen molar-refractivity contribution in [3.05, 3.63) is 24.3 Å². The Morgan fingerprint density at radius 3 is 2.11 bits per heavy atom. The Labute approximate surface area is 112 Å². The topological polar surface area (TPSA) is 57.6 Å². The predicted octanol–water partition coefficient (Wildman–Crippen LogP) is 2.17. The molecule has 0 radical (unpaired) electrons. The summed E-state index contributed by atoms with van der Waals surface area (Å²) in [4.78, 5) is 26.2. The van der Waals surface area contributed by atoms with E-state index in [-0.39, 0.29) is 41.2 Å². The van der Waals surface area contributed by atoms with Gasteiger partial charge in [0.15, 0.2) is 0 Å². The molecule has 4 unspecified atom stereocenters. The molecule has 1 aliphatic heterocycles. The molecule has 2 fully saturated rings. The lowest BCUT2D eigenvalue weighted by molar-refractivity contribution is -0.123. The van der Waals surface area contributed by atoms with Gasteiger partial charge in [0.05, 0.1) is 17.5 Å². The number of nitrogens with zero attached hydrogens (tertiary/aromatic N) is 1. The van der Waals surface area contributed by atoms with E-state index in [1.165, 1.54) is 11.0 Å². The maximum absolute atomic E-state index is 12.5. The number of carbonyl (C=O) groups excluding carboxylic acids is 2. The Kier molecular flexibility index (Phi) is 2.62. The second kappa shape index (κ2) is 4.08. The number of aromatic hydroxyl groups is 1. The van der Waals surface area contributed by atoms with Crippen LogP contribution in [0, 0.1) is 23.7 Å². The third-order valence-electron chi connectivity index (χ3n) is 4.49. The standard InChI is InChI=1S/C15H17NO3/c1-8-7-9(2)13-12(8)14(18)16(15(13)19)10-5-3-4-6-11(10)17/h3-6,8-9,12-13,17H,7H2,1-2H3. The van der Waals surface area contributed by atoms with Gasteiger partial charge in [0.25, 0.3) is 0 Å². The molecule has 1 heterocycles. The van der Waals surface area contributed by atoms with Crippen molar-refractivity contribution in [3.8, 4) is 5.75 Å². The van der Waals surface area contributed by atoms with Gasteiger partial charge in [0.2, 0.25) is 11.8 Å². The number of benzene rings is 1. The van der Waals surface area contributed by atoms with Gasteiger partial charge in [-0.2, -0.15) is 0 Å². The number of rotatable bonds is 1. The van der Waals surface area contributed by atoms with Gasteiger partial charge >= 0.3 is 0 Å². The fourth-order valence-corrected chi connectivity index (χ4v) is 3.68. The monoisotopic (exact) mass is 259 g/mol. The normalized spacial score (nSPS) is 33.9. The average Bonchev–Trinajstić information content (AvgIpc) is 2.79. The van der Waals surface area contributed by atoms with E-state index in [0.29, 0.717) is 5.69 Å². The largest absolute Gasteiger partial charge is 0.506 e. The van der Waals surface area contributed by atoms with E-state index in [1.54, 1.807) is 18.2 Å². The van der Waals surface area contributed by atoms with Gasteiger partial charge in [-0.3, -0.25) is 9.59 Å². The SMILES string of the molecule is CC1CC(C)C2C(=O)N(c3ccccc3O)C(=O)C12. The molecule has 4 heteroatoms. The molecule has 1 N–H and O–H groups in total. The highest BCUT2D eigenvalue weighted by molar-refractivity contribution is 6.23. The number of hydrogen-bond donors (Lipinski definition) is 1. The molecule has 4 atom stereocenters. The first-order valence-corrected chi connectivity index (χ1v) is 6.68. The summed E-state index contributed by atoms with van der Waals surface area (Å²) in [6, 6.07) is 6.50. The van der Waals surface area contributed by atoms with E-state index in [1.807, 2.05) is 13.8 Å². The maximum Gasteiger partial charge on any atom is 0.238 e. The summed E-state index contributed by atoms with van der Waals surface area (Å²) < 4.78 is 0. The minimum absolute atomic E-state index is 0.0236. The van der Waals surface area contributed by atoms with Crippen LogP contribution in [-0.2, 0) is 9.59 Å². The average molecular weight is 259 g/mol. The van der Waals surface area contributed by atoms with Crippen molar-refractivity contribution in [3.63, 3.8) is 0 Å². The molecule has 1 saturated carbocycles. The molecule has 1 aromatic rings. The minimum atomic E-state index is -0.220. The summed E-state index contributed by atoms with van der Waals surface area (Å²) in [5.41, 5.74) is 0.311. The Bertz CT molecular complexity index is 528. The fourth-order valence-electron chi connectivity index (χ4n) is 3.68. The molecule has 2 amide bonds. The Hall–Kier alpha value is -1.84. The Balaban J connectivity index is 2.04. The zero-order chi connectivity index (χ0) is 13.7. The van der Waals surface area contributed by atoms with Gasteiger partial charge < -0.3 is 5.11 Å². The summed E-state index contributed by atoms with van der Waals surface area (Å²) in [5, 5.41) is 9.86. The molecule has 0 aromatic heterocycles. The molecule has 4 nitrogen and oxygen atoms in total. The predicted molar refractivity (Wildman–Crippen MR) is 70.5 cm³/mol.